The maximum atomic E-state index is 12.8. The van der Waals surface area contributed by atoms with Crippen molar-refractivity contribution in [3.63, 3.8) is 0 Å². The number of nitrogens with zero attached hydrogens (tertiary/aromatic N) is 6. The molecule has 3 aromatic heterocycles. The first-order chi connectivity index (χ1) is 14.8. The second-order valence-electron chi connectivity index (χ2n) is 7.98. The summed E-state index contributed by atoms with van der Waals surface area (Å²) in [5.41, 5.74) is 3.78. The third-order valence-corrected chi connectivity index (χ3v) is 5.91. The topological polar surface area (TPSA) is 97.4 Å². The summed E-state index contributed by atoms with van der Waals surface area (Å²) in [6.07, 6.45) is 4.32. The van der Waals surface area contributed by atoms with E-state index in [1.54, 1.807) is 30.3 Å². The standard InChI is InChI=1S/C22H26N6O3/c1-14-5-6-17(10-23-14)22-20(15(2)31-25-22)13-28-21(30)9-19(11-24-28)27-8-7-18(12-27)26(4)16(3)29/h5-6,9-11,18H,7-8,12-13H2,1-4H3/t18-/m1/s1. The normalized spacial score (nSPS) is 16.0. The van der Waals surface area contributed by atoms with Gasteiger partial charge in [-0.2, -0.15) is 5.10 Å². The number of hydrogen-bond donors (Lipinski definition) is 0. The molecular formula is C22H26N6O3. The Labute approximate surface area is 180 Å². The zero-order valence-corrected chi connectivity index (χ0v) is 18.2. The number of pyridine rings is 1. The predicted octanol–water partition coefficient (Wildman–Crippen LogP) is 2.02. The molecule has 1 amide bonds. The second-order valence-corrected chi connectivity index (χ2v) is 7.98. The highest BCUT2D eigenvalue weighted by molar-refractivity contribution is 5.73. The monoisotopic (exact) mass is 422 g/mol. The van der Waals surface area contributed by atoms with Gasteiger partial charge in [0.15, 0.2) is 0 Å². The van der Waals surface area contributed by atoms with Crippen LogP contribution in [0.25, 0.3) is 11.3 Å². The van der Waals surface area contributed by atoms with Gasteiger partial charge in [0.2, 0.25) is 5.91 Å². The zero-order chi connectivity index (χ0) is 22.1. The summed E-state index contributed by atoms with van der Waals surface area (Å²) in [7, 11) is 1.81. The molecule has 9 heteroatoms. The summed E-state index contributed by atoms with van der Waals surface area (Å²) >= 11 is 0. The van der Waals surface area contributed by atoms with Crippen LogP contribution in [-0.4, -0.2) is 56.9 Å². The second kappa shape index (κ2) is 8.33. The van der Waals surface area contributed by atoms with Crippen LogP contribution in [-0.2, 0) is 11.3 Å². The average Bonchev–Trinajstić information content (AvgIpc) is 3.37. The highest BCUT2D eigenvalue weighted by Crippen LogP contribution is 2.26. The van der Waals surface area contributed by atoms with Gasteiger partial charge in [-0.25, -0.2) is 4.68 Å². The number of hydrogen-bond acceptors (Lipinski definition) is 7. The Bertz CT molecular complexity index is 1150. The number of aryl methyl sites for hydroxylation is 2. The fraction of sp³-hybridized carbons (Fsp3) is 0.409. The van der Waals surface area contributed by atoms with Crippen molar-refractivity contribution in [2.24, 2.45) is 0 Å². The number of aromatic nitrogens is 4. The van der Waals surface area contributed by atoms with Crippen LogP contribution in [0.5, 0.6) is 0 Å². The quantitative estimate of drug-likeness (QED) is 0.620. The van der Waals surface area contributed by atoms with Crippen LogP contribution in [0.15, 0.2) is 39.9 Å². The summed E-state index contributed by atoms with van der Waals surface area (Å²) in [6, 6.07) is 5.59. The molecule has 0 aliphatic carbocycles. The van der Waals surface area contributed by atoms with E-state index in [2.05, 4.69) is 20.1 Å². The van der Waals surface area contributed by atoms with E-state index < -0.39 is 0 Å². The number of carbonyl (C=O) groups excluding carboxylic acids is 1. The lowest BCUT2D eigenvalue weighted by atomic mass is 10.1. The molecule has 1 aliphatic heterocycles. The van der Waals surface area contributed by atoms with Gasteiger partial charge >= 0.3 is 0 Å². The molecule has 3 aromatic rings. The van der Waals surface area contributed by atoms with Crippen LogP contribution in [0.1, 0.15) is 30.4 Å². The molecule has 0 saturated carbocycles. The lowest BCUT2D eigenvalue weighted by molar-refractivity contribution is -0.129. The molecule has 9 nitrogen and oxygen atoms in total. The molecule has 4 heterocycles. The van der Waals surface area contributed by atoms with Gasteiger partial charge in [-0.05, 0) is 32.4 Å². The van der Waals surface area contributed by atoms with Crippen molar-refractivity contribution in [3.8, 4) is 11.3 Å². The van der Waals surface area contributed by atoms with Gasteiger partial charge in [0, 0.05) is 56.1 Å². The van der Waals surface area contributed by atoms with Gasteiger partial charge in [-0.1, -0.05) is 5.16 Å². The molecule has 0 unspecified atom stereocenters. The number of anilines is 1. The molecule has 1 aliphatic rings. The largest absolute Gasteiger partial charge is 0.368 e. The minimum absolute atomic E-state index is 0.0454. The third kappa shape index (κ3) is 4.21. The summed E-state index contributed by atoms with van der Waals surface area (Å²) in [5, 5.41) is 8.55. The van der Waals surface area contributed by atoms with Gasteiger partial charge in [-0.15, -0.1) is 0 Å². The van der Waals surface area contributed by atoms with Crippen molar-refractivity contribution in [1.29, 1.82) is 0 Å². The highest BCUT2D eigenvalue weighted by Gasteiger charge is 2.27. The van der Waals surface area contributed by atoms with Gasteiger partial charge in [0.05, 0.1) is 24.5 Å². The molecule has 1 saturated heterocycles. The molecule has 1 fully saturated rings. The van der Waals surface area contributed by atoms with E-state index in [1.165, 1.54) is 4.68 Å². The van der Waals surface area contributed by atoms with Gasteiger partial charge in [-0.3, -0.25) is 14.6 Å². The SMILES string of the molecule is CC(=O)N(C)[C@@H]1CCN(c2cnn(Cc3c(-c4ccc(C)nc4)noc3C)c(=O)c2)C1. The van der Waals surface area contributed by atoms with Crippen LogP contribution < -0.4 is 10.5 Å². The first kappa shape index (κ1) is 20.8. The molecule has 162 valence electrons. The highest BCUT2D eigenvalue weighted by atomic mass is 16.5. The lowest BCUT2D eigenvalue weighted by Gasteiger charge is -2.24. The van der Waals surface area contributed by atoms with Crippen molar-refractivity contribution in [2.45, 2.75) is 39.8 Å². The van der Waals surface area contributed by atoms with E-state index >= 15 is 0 Å². The van der Waals surface area contributed by atoms with Gasteiger partial charge < -0.3 is 14.3 Å². The lowest BCUT2D eigenvalue weighted by Crippen LogP contribution is -2.37. The van der Waals surface area contributed by atoms with Crippen molar-refractivity contribution >= 4 is 11.6 Å². The number of amides is 1. The van der Waals surface area contributed by atoms with Crippen molar-refractivity contribution in [3.05, 3.63) is 58.0 Å². The fourth-order valence-electron chi connectivity index (χ4n) is 3.83. The molecule has 0 N–H and O–H groups in total. The maximum Gasteiger partial charge on any atom is 0.269 e. The van der Waals surface area contributed by atoms with Crippen LogP contribution in [0.3, 0.4) is 0 Å². The number of carbonyl (C=O) groups is 1. The van der Waals surface area contributed by atoms with Crippen LogP contribution in [0, 0.1) is 13.8 Å². The van der Waals surface area contributed by atoms with Crippen molar-refractivity contribution in [1.82, 2.24) is 24.8 Å². The summed E-state index contributed by atoms with van der Waals surface area (Å²) in [5.74, 6) is 0.687. The first-order valence-corrected chi connectivity index (χ1v) is 10.3. The van der Waals surface area contributed by atoms with E-state index in [9.17, 15) is 9.59 Å². The summed E-state index contributed by atoms with van der Waals surface area (Å²) < 4.78 is 6.80. The van der Waals surface area contributed by atoms with E-state index in [-0.39, 0.29) is 24.1 Å². The molecule has 31 heavy (non-hydrogen) atoms. The minimum atomic E-state index is -0.200. The fourth-order valence-corrected chi connectivity index (χ4v) is 3.83. The summed E-state index contributed by atoms with van der Waals surface area (Å²) in [4.78, 5) is 32.6. The molecule has 0 spiro atoms. The summed E-state index contributed by atoms with van der Waals surface area (Å²) in [6.45, 7) is 7.04. The Morgan fingerprint density at radius 3 is 2.77 bits per heavy atom. The molecule has 0 bridgehead atoms. The van der Waals surface area contributed by atoms with E-state index in [4.69, 9.17) is 4.52 Å². The van der Waals surface area contributed by atoms with Gasteiger partial charge in [0.1, 0.15) is 11.5 Å². The number of rotatable bonds is 5. The van der Waals surface area contributed by atoms with E-state index in [0.717, 1.165) is 35.5 Å². The molecule has 0 aromatic carbocycles. The van der Waals surface area contributed by atoms with E-state index in [0.29, 0.717) is 18.0 Å². The van der Waals surface area contributed by atoms with Crippen LogP contribution >= 0.6 is 0 Å². The van der Waals surface area contributed by atoms with Crippen molar-refractivity contribution in [2.75, 3.05) is 25.0 Å². The van der Waals surface area contributed by atoms with Crippen LogP contribution in [0.2, 0.25) is 0 Å². The Kier molecular flexibility index (Phi) is 5.58. The zero-order valence-electron chi connectivity index (χ0n) is 18.2. The Hall–Kier alpha value is -3.49. The van der Waals surface area contributed by atoms with Crippen LogP contribution in [0.4, 0.5) is 5.69 Å². The van der Waals surface area contributed by atoms with E-state index in [1.807, 2.05) is 33.0 Å². The van der Waals surface area contributed by atoms with Crippen molar-refractivity contribution < 1.29 is 9.32 Å². The maximum absolute atomic E-state index is 12.8. The molecule has 4 rings (SSSR count). The Morgan fingerprint density at radius 1 is 1.29 bits per heavy atom. The Morgan fingerprint density at radius 2 is 2.10 bits per heavy atom. The smallest absolute Gasteiger partial charge is 0.269 e. The molecule has 1 atom stereocenters. The average molecular weight is 422 g/mol. The molecule has 0 radical (unpaired) electrons. The van der Waals surface area contributed by atoms with Gasteiger partial charge in [0.25, 0.3) is 5.56 Å². The minimum Gasteiger partial charge on any atom is -0.368 e. The third-order valence-electron chi connectivity index (χ3n) is 5.91. The first-order valence-electron chi connectivity index (χ1n) is 10.3. The molecular weight excluding hydrogens is 396 g/mol. The Balaban J connectivity index is 1.54. The number of likely N-dealkylation sites (N-methyl/N-ethyl adjacent to an activating group) is 1. The predicted molar refractivity (Wildman–Crippen MR) is 116 cm³/mol.